The van der Waals surface area contributed by atoms with E-state index in [1.165, 1.54) is 53.8 Å². The third kappa shape index (κ3) is 4.25. The maximum atomic E-state index is 15.4. The van der Waals surface area contributed by atoms with Gasteiger partial charge in [0.2, 0.25) is 0 Å². The number of nitrogens with zero attached hydrogens (tertiary/aromatic N) is 1. The summed E-state index contributed by atoms with van der Waals surface area (Å²) < 4.78 is 51.2. The Labute approximate surface area is 215 Å². The van der Waals surface area contributed by atoms with Crippen molar-refractivity contribution in [1.82, 2.24) is 4.57 Å². The Morgan fingerprint density at radius 3 is 2.32 bits per heavy atom. The predicted molar refractivity (Wildman–Crippen MR) is 137 cm³/mol. The van der Waals surface area contributed by atoms with E-state index in [1.807, 2.05) is 0 Å². The van der Waals surface area contributed by atoms with Crippen molar-refractivity contribution in [2.75, 3.05) is 12.9 Å². The van der Waals surface area contributed by atoms with Crippen molar-refractivity contribution >= 4 is 17.5 Å². The Balaban J connectivity index is 1.78. The third-order valence-electron chi connectivity index (χ3n) is 6.66. The number of ether oxygens (including phenoxy) is 1. The highest BCUT2D eigenvalue weighted by molar-refractivity contribution is 7.99. The fourth-order valence-electron chi connectivity index (χ4n) is 4.75. The number of Topliss-reactive ketones (excluding diaryl/α,β-unsaturated/α-hetero) is 1. The summed E-state index contributed by atoms with van der Waals surface area (Å²) in [5, 5.41) is 0.450. The van der Waals surface area contributed by atoms with E-state index >= 15 is 4.39 Å². The van der Waals surface area contributed by atoms with Crippen LogP contribution in [0.4, 0.5) is 13.2 Å². The summed E-state index contributed by atoms with van der Waals surface area (Å²) in [6.45, 7) is 1.64. The number of rotatable bonds is 6. The minimum absolute atomic E-state index is 0.00443. The first-order valence-electron chi connectivity index (χ1n) is 11.6. The molecule has 2 heterocycles. The number of halogens is 3. The zero-order valence-electron chi connectivity index (χ0n) is 20.1. The summed E-state index contributed by atoms with van der Waals surface area (Å²) in [5.74, 6) is -2.23. The van der Waals surface area contributed by atoms with Gasteiger partial charge in [0.15, 0.2) is 17.3 Å². The van der Waals surface area contributed by atoms with E-state index in [0.29, 0.717) is 21.7 Å². The van der Waals surface area contributed by atoms with Gasteiger partial charge in [-0.1, -0.05) is 48.5 Å². The maximum Gasteiger partial charge on any atom is 0.260 e. The summed E-state index contributed by atoms with van der Waals surface area (Å²) in [6.07, 6.45) is -0.169. The van der Waals surface area contributed by atoms with Crippen LogP contribution >= 0.6 is 11.8 Å². The highest BCUT2D eigenvalue weighted by Crippen LogP contribution is 2.41. The number of hydrogen-bond acceptors (Lipinski definition) is 4. The predicted octanol–water partition coefficient (Wildman–Crippen LogP) is 6.37. The van der Waals surface area contributed by atoms with Gasteiger partial charge in [0.25, 0.3) is 5.56 Å². The molecule has 1 aromatic heterocycles. The average molecular weight is 522 g/mol. The van der Waals surface area contributed by atoms with Gasteiger partial charge in [-0.3, -0.25) is 14.2 Å². The van der Waals surface area contributed by atoms with Crippen LogP contribution in [0.5, 0.6) is 5.75 Å². The molecule has 4 nitrogen and oxygen atoms in total. The third-order valence-corrected chi connectivity index (χ3v) is 7.85. The first kappa shape index (κ1) is 24.9. The fraction of sp³-hybridized carbons (Fsp3) is 0.172. The first-order valence-corrected chi connectivity index (χ1v) is 12.6. The summed E-state index contributed by atoms with van der Waals surface area (Å²) in [5.41, 5.74) is 0.611. The van der Waals surface area contributed by atoms with Crippen LogP contribution in [0.15, 0.2) is 76.6 Å². The van der Waals surface area contributed by atoms with Crippen LogP contribution in [0.1, 0.15) is 33.1 Å². The Kier molecular flexibility index (Phi) is 6.69. The van der Waals surface area contributed by atoms with Crippen molar-refractivity contribution < 1.29 is 22.7 Å². The minimum atomic E-state index is -0.855. The normalized spacial score (nSPS) is 14.5. The van der Waals surface area contributed by atoms with Crippen LogP contribution in [0.2, 0.25) is 0 Å². The topological polar surface area (TPSA) is 48.3 Å². The van der Waals surface area contributed by atoms with E-state index in [4.69, 9.17) is 4.74 Å². The maximum absolute atomic E-state index is 15.4. The lowest BCUT2D eigenvalue weighted by atomic mass is 9.93. The Hall–Kier alpha value is -3.78. The molecule has 1 aliphatic rings. The van der Waals surface area contributed by atoms with E-state index < -0.39 is 29.1 Å². The van der Waals surface area contributed by atoms with E-state index in [1.54, 1.807) is 43.3 Å². The highest BCUT2D eigenvalue weighted by atomic mass is 32.2. The van der Waals surface area contributed by atoms with Crippen molar-refractivity contribution in [3.8, 4) is 16.9 Å². The van der Waals surface area contributed by atoms with Crippen molar-refractivity contribution in [2.45, 2.75) is 24.4 Å². The molecule has 0 radical (unpaired) electrons. The second-order valence-corrected chi connectivity index (χ2v) is 9.72. The second-order valence-electron chi connectivity index (χ2n) is 8.71. The van der Waals surface area contributed by atoms with Gasteiger partial charge >= 0.3 is 0 Å². The number of methoxy groups -OCH3 is 1. The quantitative estimate of drug-likeness (QED) is 0.277. The summed E-state index contributed by atoms with van der Waals surface area (Å²) in [7, 11) is 1.32. The lowest BCUT2D eigenvalue weighted by Gasteiger charge is -2.21. The Morgan fingerprint density at radius 2 is 1.65 bits per heavy atom. The smallest absolute Gasteiger partial charge is 0.260 e. The molecule has 5 rings (SSSR count). The first-order chi connectivity index (χ1) is 17.8. The van der Waals surface area contributed by atoms with E-state index in [0.717, 1.165) is 0 Å². The monoisotopic (exact) mass is 521 g/mol. The zero-order valence-corrected chi connectivity index (χ0v) is 20.9. The van der Waals surface area contributed by atoms with Crippen molar-refractivity contribution in [3.05, 3.63) is 117 Å². The largest absolute Gasteiger partial charge is 0.494 e. The van der Waals surface area contributed by atoms with Crippen LogP contribution in [0.3, 0.4) is 0 Å². The molecule has 0 fully saturated rings. The van der Waals surface area contributed by atoms with Crippen LogP contribution in [0.25, 0.3) is 11.1 Å². The Bertz CT molecular complexity index is 1560. The van der Waals surface area contributed by atoms with Crippen molar-refractivity contribution in [1.29, 1.82) is 0 Å². The number of benzene rings is 3. The molecule has 0 spiro atoms. The molecule has 1 unspecified atom stereocenters. The number of carbonyl (C=O) groups excluding carboxylic acids is 1. The zero-order chi connectivity index (χ0) is 26.3. The van der Waals surface area contributed by atoms with Gasteiger partial charge in [0.1, 0.15) is 17.7 Å². The molecule has 1 aliphatic heterocycles. The van der Waals surface area contributed by atoms with Gasteiger partial charge in [-0.15, -0.1) is 11.8 Å². The van der Waals surface area contributed by atoms with Gasteiger partial charge in [-0.05, 0) is 36.2 Å². The van der Waals surface area contributed by atoms with E-state index in [2.05, 4.69) is 0 Å². The average Bonchev–Trinajstić information content (AvgIpc) is 3.34. The standard InChI is InChI=1S/C29H22F3NO3S/c1-16-19(14-20-21(30)11-7-12-22(20)31)29-33(23(15-37-29)27(34)17-8-4-3-5-9-17)28(35)25(16)18-10-6-13-24(36-2)26(18)32/h3-13,23H,14-15H2,1-2H3. The van der Waals surface area contributed by atoms with Gasteiger partial charge in [0.05, 0.1) is 17.7 Å². The molecule has 4 aromatic rings. The van der Waals surface area contributed by atoms with Crippen LogP contribution in [0, 0.1) is 24.4 Å². The molecule has 37 heavy (non-hydrogen) atoms. The van der Waals surface area contributed by atoms with Crippen LogP contribution in [-0.2, 0) is 6.42 Å². The second kappa shape index (κ2) is 9.94. The molecule has 3 aromatic carbocycles. The molecule has 0 saturated heterocycles. The number of ketones is 1. The molecule has 0 saturated carbocycles. The number of thioether (sulfide) groups is 1. The number of hydrogen-bond donors (Lipinski definition) is 0. The lowest BCUT2D eigenvalue weighted by molar-refractivity contribution is 0.0934. The minimum Gasteiger partial charge on any atom is -0.494 e. The van der Waals surface area contributed by atoms with E-state index in [9.17, 15) is 18.4 Å². The molecule has 0 aliphatic carbocycles. The van der Waals surface area contributed by atoms with Crippen LogP contribution in [-0.4, -0.2) is 23.2 Å². The van der Waals surface area contributed by atoms with Gasteiger partial charge < -0.3 is 4.74 Å². The SMILES string of the molecule is COc1cccc(-c2c(C)c(Cc3c(F)cccc3F)c3n(c2=O)C(C(=O)c2ccccc2)CS3)c1F. The number of aromatic nitrogens is 1. The molecule has 0 amide bonds. The van der Waals surface area contributed by atoms with Crippen LogP contribution < -0.4 is 10.3 Å². The molecule has 8 heteroatoms. The number of fused-ring (bicyclic) bond motifs is 1. The number of pyridine rings is 1. The van der Waals surface area contributed by atoms with Crippen molar-refractivity contribution in [2.24, 2.45) is 0 Å². The van der Waals surface area contributed by atoms with Gasteiger partial charge in [-0.2, -0.15) is 0 Å². The van der Waals surface area contributed by atoms with Gasteiger partial charge in [0, 0.05) is 28.9 Å². The summed E-state index contributed by atoms with van der Waals surface area (Å²) >= 11 is 1.28. The number of carbonyl (C=O) groups is 1. The summed E-state index contributed by atoms with van der Waals surface area (Å²) in [4.78, 5) is 27.4. The molecular weight excluding hydrogens is 499 g/mol. The Morgan fingerprint density at radius 1 is 0.973 bits per heavy atom. The lowest BCUT2D eigenvalue weighted by Crippen LogP contribution is -2.31. The molecule has 1 atom stereocenters. The molecular formula is C29H22F3NO3S. The molecule has 0 N–H and O–H groups in total. The fourth-order valence-corrected chi connectivity index (χ4v) is 6.12. The van der Waals surface area contributed by atoms with E-state index in [-0.39, 0.29) is 40.4 Å². The molecule has 0 bridgehead atoms. The summed E-state index contributed by atoms with van der Waals surface area (Å²) in [6, 6.07) is 15.8. The highest BCUT2D eigenvalue weighted by Gasteiger charge is 2.35. The van der Waals surface area contributed by atoms with Crippen molar-refractivity contribution in [3.63, 3.8) is 0 Å². The molecule has 188 valence electrons. The van der Waals surface area contributed by atoms with Gasteiger partial charge in [-0.25, -0.2) is 13.2 Å².